The molecule has 2 amide bonds. The van der Waals surface area contributed by atoms with Crippen LogP contribution in [-0.2, 0) is 9.59 Å². The van der Waals surface area contributed by atoms with Crippen LogP contribution in [0.2, 0.25) is 0 Å². The number of benzene rings is 1. The van der Waals surface area contributed by atoms with Gasteiger partial charge in [-0.15, -0.1) is 12.4 Å². The lowest BCUT2D eigenvalue weighted by Gasteiger charge is -2.11. The number of nitrogens with two attached hydrogens (primary N) is 1. The minimum atomic E-state index is -0.567. The first-order valence-corrected chi connectivity index (χ1v) is 8.29. The Labute approximate surface area is 143 Å². The lowest BCUT2D eigenvalue weighted by molar-refractivity contribution is -0.125. The second kappa shape index (κ2) is 10.9. The fourth-order valence-electron chi connectivity index (χ4n) is 1.41. The van der Waals surface area contributed by atoms with E-state index in [4.69, 9.17) is 5.73 Å². The maximum absolute atomic E-state index is 11.7. The third kappa shape index (κ3) is 8.31. The molecule has 0 saturated heterocycles. The summed E-state index contributed by atoms with van der Waals surface area (Å²) in [6.07, 6.45) is 2.55. The van der Waals surface area contributed by atoms with Gasteiger partial charge in [0, 0.05) is 10.2 Å². The lowest BCUT2D eigenvalue weighted by Crippen LogP contribution is -2.43. The molecule has 1 aromatic carbocycles. The summed E-state index contributed by atoms with van der Waals surface area (Å²) in [6.45, 7) is -0.0815. The van der Waals surface area contributed by atoms with E-state index in [1.54, 1.807) is 23.9 Å². The third-order valence-electron chi connectivity index (χ3n) is 2.52. The number of hydrogen-bond donors (Lipinski definition) is 3. The normalized spacial score (nSPS) is 11.2. The Morgan fingerprint density at radius 1 is 1.33 bits per heavy atom. The Morgan fingerprint density at radius 2 is 1.95 bits per heavy atom. The highest BCUT2D eigenvalue weighted by atomic mass is 79.9. The van der Waals surface area contributed by atoms with Gasteiger partial charge in [-0.3, -0.25) is 9.59 Å². The van der Waals surface area contributed by atoms with Crippen LogP contribution in [0.3, 0.4) is 0 Å². The summed E-state index contributed by atoms with van der Waals surface area (Å²) in [6, 6.07) is 6.63. The van der Waals surface area contributed by atoms with Gasteiger partial charge < -0.3 is 16.4 Å². The molecule has 0 spiro atoms. The first-order chi connectivity index (χ1) is 9.52. The molecule has 0 aliphatic carbocycles. The Hall–Kier alpha value is -0.760. The molecule has 0 fully saturated rings. The molecule has 0 bridgehead atoms. The van der Waals surface area contributed by atoms with Crippen molar-refractivity contribution in [1.29, 1.82) is 0 Å². The third-order valence-corrected chi connectivity index (χ3v) is 3.69. The van der Waals surface area contributed by atoms with Crippen molar-refractivity contribution in [2.45, 2.75) is 12.5 Å². The number of thioether (sulfide) groups is 1. The molecule has 4 N–H and O–H groups in total. The van der Waals surface area contributed by atoms with Crippen molar-refractivity contribution >= 4 is 57.6 Å². The summed E-state index contributed by atoms with van der Waals surface area (Å²) in [5.41, 5.74) is 6.38. The van der Waals surface area contributed by atoms with E-state index in [1.807, 2.05) is 18.4 Å². The molecule has 0 radical (unpaired) electrons. The molecule has 21 heavy (non-hydrogen) atoms. The molecule has 8 heteroatoms. The predicted octanol–water partition coefficient (Wildman–Crippen LogP) is 2.01. The van der Waals surface area contributed by atoms with E-state index in [1.165, 1.54) is 0 Å². The van der Waals surface area contributed by atoms with Crippen molar-refractivity contribution in [2.75, 3.05) is 23.9 Å². The number of halogens is 2. The Kier molecular flexibility index (Phi) is 10.5. The van der Waals surface area contributed by atoms with Crippen LogP contribution in [0, 0.1) is 0 Å². The number of nitrogens with one attached hydrogen (secondary N) is 2. The van der Waals surface area contributed by atoms with E-state index in [0.29, 0.717) is 12.1 Å². The first kappa shape index (κ1) is 20.2. The van der Waals surface area contributed by atoms with Gasteiger partial charge in [0.1, 0.15) is 0 Å². The highest BCUT2D eigenvalue weighted by Gasteiger charge is 2.13. The Bertz CT molecular complexity index is 459. The van der Waals surface area contributed by atoms with E-state index >= 15 is 0 Å². The number of amides is 2. The van der Waals surface area contributed by atoms with E-state index in [0.717, 1.165) is 10.2 Å². The molecular weight excluding hydrogens is 378 g/mol. The smallest absolute Gasteiger partial charge is 0.243 e. The molecule has 0 saturated carbocycles. The molecule has 0 aromatic heterocycles. The van der Waals surface area contributed by atoms with Gasteiger partial charge in [-0.2, -0.15) is 11.8 Å². The highest BCUT2D eigenvalue weighted by molar-refractivity contribution is 9.10. The van der Waals surface area contributed by atoms with Crippen molar-refractivity contribution in [3.05, 3.63) is 28.7 Å². The maximum atomic E-state index is 11.7. The average molecular weight is 397 g/mol. The SMILES string of the molecule is CSCC[C@H](N)C(=O)NCC(=O)Nc1ccc(Br)cc1.Cl. The van der Waals surface area contributed by atoms with Crippen LogP contribution in [0.5, 0.6) is 0 Å². The molecule has 1 aromatic rings. The number of rotatable bonds is 7. The van der Waals surface area contributed by atoms with E-state index in [2.05, 4.69) is 26.6 Å². The van der Waals surface area contributed by atoms with Gasteiger partial charge in [-0.25, -0.2) is 0 Å². The zero-order chi connectivity index (χ0) is 15.0. The Morgan fingerprint density at radius 3 is 2.52 bits per heavy atom. The van der Waals surface area contributed by atoms with Crippen LogP contribution >= 0.6 is 40.1 Å². The number of anilines is 1. The fraction of sp³-hybridized carbons (Fsp3) is 0.385. The van der Waals surface area contributed by atoms with E-state index in [-0.39, 0.29) is 30.8 Å². The molecule has 0 aliphatic rings. The van der Waals surface area contributed by atoms with Gasteiger partial charge in [-0.05, 0) is 42.7 Å². The summed E-state index contributed by atoms with van der Waals surface area (Å²) >= 11 is 4.94. The largest absolute Gasteiger partial charge is 0.346 e. The minimum absolute atomic E-state index is 0. The van der Waals surface area contributed by atoms with Gasteiger partial charge in [0.25, 0.3) is 0 Å². The van der Waals surface area contributed by atoms with Crippen molar-refractivity contribution in [2.24, 2.45) is 5.73 Å². The molecule has 0 aliphatic heterocycles. The first-order valence-electron chi connectivity index (χ1n) is 6.10. The van der Waals surface area contributed by atoms with Crippen LogP contribution in [0.4, 0.5) is 5.69 Å². The summed E-state index contributed by atoms with van der Waals surface area (Å²) in [7, 11) is 0. The minimum Gasteiger partial charge on any atom is -0.346 e. The molecule has 0 heterocycles. The molecule has 1 atom stereocenters. The van der Waals surface area contributed by atoms with Crippen LogP contribution < -0.4 is 16.4 Å². The zero-order valence-electron chi connectivity index (χ0n) is 11.6. The molecular formula is C13H19BrClN3O2S. The molecule has 0 unspecified atom stereocenters. The number of carbonyl (C=O) groups is 2. The second-order valence-corrected chi connectivity index (χ2v) is 6.06. The van der Waals surface area contributed by atoms with Crippen LogP contribution in [-0.4, -0.2) is 36.4 Å². The standard InChI is InChI=1S/C13H18BrN3O2S.ClH/c1-20-7-6-11(15)13(19)16-8-12(18)17-10-4-2-9(14)3-5-10;/h2-5,11H,6-8,15H2,1H3,(H,16,19)(H,17,18);1H/t11-;/m0./s1. The van der Waals surface area contributed by atoms with Crippen molar-refractivity contribution in [3.8, 4) is 0 Å². The lowest BCUT2D eigenvalue weighted by atomic mass is 10.2. The van der Waals surface area contributed by atoms with Gasteiger partial charge in [0.2, 0.25) is 11.8 Å². The average Bonchev–Trinajstić information content (AvgIpc) is 2.44. The van der Waals surface area contributed by atoms with E-state index < -0.39 is 6.04 Å². The molecule has 1 rings (SSSR count). The topological polar surface area (TPSA) is 84.2 Å². The van der Waals surface area contributed by atoms with Crippen molar-refractivity contribution < 1.29 is 9.59 Å². The number of hydrogen-bond acceptors (Lipinski definition) is 4. The summed E-state index contributed by atoms with van der Waals surface area (Å²) in [5.74, 6) is 0.238. The van der Waals surface area contributed by atoms with Crippen molar-refractivity contribution in [3.63, 3.8) is 0 Å². The van der Waals surface area contributed by atoms with Gasteiger partial charge in [-0.1, -0.05) is 15.9 Å². The van der Waals surface area contributed by atoms with Gasteiger partial charge >= 0.3 is 0 Å². The van der Waals surface area contributed by atoms with Crippen LogP contribution in [0.25, 0.3) is 0 Å². The Balaban J connectivity index is 0.00000400. The zero-order valence-corrected chi connectivity index (χ0v) is 14.8. The van der Waals surface area contributed by atoms with Crippen LogP contribution in [0.15, 0.2) is 28.7 Å². The van der Waals surface area contributed by atoms with Crippen molar-refractivity contribution in [1.82, 2.24) is 5.32 Å². The summed E-state index contributed by atoms with van der Waals surface area (Å²) < 4.78 is 0.934. The van der Waals surface area contributed by atoms with Crippen LogP contribution in [0.1, 0.15) is 6.42 Å². The van der Waals surface area contributed by atoms with Gasteiger partial charge in [0.15, 0.2) is 0 Å². The number of carbonyl (C=O) groups excluding carboxylic acids is 2. The quantitative estimate of drug-likeness (QED) is 0.658. The maximum Gasteiger partial charge on any atom is 0.243 e. The summed E-state index contributed by atoms with van der Waals surface area (Å²) in [4.78, 5) is 23.3. The molecule has 118 valence electrons. The summed E-state index contributed by atoms with van der Waals surface area (Å²) in [5, 5.41) is 5.22. The molecule has 5 nitrogen and oxygen atoms in total. The fourth-order valence-corrected chi connectivity index (χ4v) is 2.17. The second-order valence-electron chi connectivity index (χ2n) is 4.16. The van der Waals surface area contributed by atoms with E-state index in [9.17, 15) is 9.59 Å². The van der Waals surface area contributed by atoms with Gasteiger partial charge in [0.05, 0.1) is 12.6 Å². The highest BCUT2D eigenvalue weighted by Crippen LogP contribution is 2.13. The monoisotopic (exact) mass is 395 g/mol. The predicted molar refractivity (Wildman–Crippen MR) is 94.0 cm³/mol.